The summed E-state index contributed by atoms with van der Waals surface area (Å²) in [5, 5.41) is 13.8. The van der Waals surface area contributed by atoms with Gasteiger partial charge in [0, 0.05) is 18.7 Å². The van der Waals surface area contributed by atoms with Crippen molar-refractivity contribution in [2.45, 2.75) is 6.42 Å². The van der Waals surface area contributed by atoms with Crippen molar-refractivity contribution in [3.05, 3.63) is 64.0 Å². The Balaban J connectivity index is 2.03. The molecule has 21 heavy (non-hydrogen) atoms. The van der Waals surface area contributed by atoms with Gasteiger partial charge < -0.3 is 10.1 Å². The molecule has 0 saturated carbocycles. The molecule has 0 aliphatic carbocycles. The van der Waals surface area contributed by atoms with Gasteiger partial charge in [0.2, 0.25) is 0 Å². The molecule has 0 amide bonds. The van der Waals surface area contributed by atoms with Crippen LogP contribution in [0.1, 0.15) is 5.56 Å². The second-order valence-corrected chi connectivity index (χ2v) is 4.45. The molecule has 0 aliphatic heterocycles. The van der Waals surface area contributed by atoms with Crippen molar-refractivity contribution in [2.24, 2.45) is 0 Å². The first-order chi connectivity index (χ1) is 10.1. The molecule has 2 aromatic carbocycles. The van der Waals surface area contributed by atoms with Gasteiger partial charge in [-0.25, -0.2) is 4.39 Å². The monoisotopic (exact) mass is 290 g/mol. The van der Waals surface area contributed by atoms with Crippen molar-refractivity contribution in [1.29, 1.82) is 0 Å². The van der Waals surface area contributed by atoms with E-state index in [1.54, 1.807) is 7.11 Å². The van der Waals surface area contributed by atoms with Crippen molar-refractivity contribution in [3.63, 3.8) is 0 Å². The first-order valence-corrected chi connectivity index (χ1v) is 6.41. The molecule has 2 rings (SSSR count). The van der Waals surface area contributed by atoms with Crippen LogP contribution in [0.3, 0.4) is 0 Å². The van der Waals surface area contributed by atoms with Crippen LogP contribution >= 0.6 is 0 Å². The van der Waals surface area contributed by atoms with E-state index in [4.69, 9.17) is 4.74 Å². The van der Waals surface area contributed by atoms with Crippen LogP contribution in [0.25, 0.3) is 0 Å². The SMILES string of the molecule is COc1cccc(CCNc2cc(F)ccc2[N+](=O)[O-])c1. The molecule has 0 aromatic heterocycles. The summed E-state index contributed by atoms with van der Waals surface area (Å²) in [5.74, 6) is 0.244. The van der Waals surface area contributed by atoms with Crippen LogP contribution in [0.2, 0.25) is 0 Å². The fourth-order valence-corrected chi connectivity index (χ4v) is 1.98. The second kappa shape index (κ2) is 6.69. The lowest BCUT2D eigenvalue weighted by Crippen LogP contribution is -2.07. The third kappa shape index (κ3) is 3.92. The molecule has 0 saturated heterocycles. The van der Waals surface area contributed by atoms with Crippen molar-refractivity contribution in [1.82, 2.24) is 0 Å². The number of hydrogen-bond acceptors (Lipinski definition) is 4. The number of halogens is 1. The molecule has 6 heteroatoms. The first kappa shape index (κ1) is 14.8. The lowest BCUT2D eigenvalue weighted by atomic mass is 10.1. The van der Waals surface area contributed by atoms with Gasteiger partial charge in [-0.05, 0) is 30.2 Å². The molecular formula is C15H15FN2O3. The number of methoxy groups -OCH3 is 1. The highest BCUT2D eigenvalue weighted by Gasteiger charge is 2.13. The Morgan fingerprint density at radius 2 is 2.10 bits per heavy atom. The van der Waals surface area contributed by atoms with Gasteiger partial charge in [0.05, 0.1) is 12.0 Å². The topological polar surface area (TPSA) is 64.4 Å². The van der Waals surface area contributed by atoms with Crippen molar-refractivity contribution in [2.75, 3.05) is 19.0 Å². The van der Waals surface area contributed by atoms with Crippen LogP contribution in [-0.2, 0) is 6.42 Å². The Morgan fingerprint density at radius 1 is 1.29 bits per heavy atom. The van der Waals surface area contributed by atoms with Crippen LogP contribution in [-0.4, -0.2) is 18.6 Å². The number of hydrogen-bond donors (Lipinski definition) is 1. The van der Waals surface area contributed by atoms with Crippen LogP contribution in [0.4, 0.5) is 15.8 Å². The number of nitro benzene ring substituents is 1. The highest BCUT2D eigenvalue weighted by atomic mass is 19.1. The molecule has 0 radical (unpaired) electrons. The molecular weight excluding hydrogens is 275 g/mol. The second-order valence-electron chi connectivity index (χ2n) is 4.45. The van der Waals surface area contributed by atoms with Crippen molar-refractivity contribution >= 4 is 11.4 Å². The van der Waals surface area contributed by atoms with Crippen LogP contribution < -0.4 is 10.1 Å². The first-order valence-electron chi connectivity index (χ1n) is 6.41. The lowest BCUT2D eigenvalue weighted by Gasteiger charge is -2.08. The summed E-state index contributed by atoms with van der Waals surface area (Å²) in [6, 6.07) is 10.9. The van der Waals surface area contributed by atoms with E-state index in [9.17, 15) is 14.5 Å². The van der Waals surface area contributed by atoms with Crippen molar-refractivity contribution < 1.29 is 14.1 Å². The van der Waals surface area contributed by atoms with E-state index in [-0.39, 0.29) is 11.4 Å². The average Bonchev–Trinajstić information content (AvgIpc) is 2.47. The Bertz CT molecular complexity index is 647. The molecule has 0 aliphatic rings. The smallest absolute Gasteiger partial charge is 0.292 e. The quantitative estimate of drug-likeness (QED) is 0.654. The zero-order valence-corrected chi connectivity index (χ0v) is 11.5. The standard InChI is InChI=1S/C15H15FN2O3/c1-21-13-4-2-3-11(9-13)7-8-17-14-10-12(16)5-6-15(14)18(19)20/h2-6,9-10,17H,7-8H2,1H3. The summed E-state index contributed by atoms with van der Waals surface area (Å²) in [4.78, 5) is 10.3. The third-order valence-corrected chi connectivity index (χ3v) is 3.02. The highest BCUT2D eigenvalue weighted by molar-refractivity contribution is 5.61. The van der Waals surface area contributed by atoms with Gasteiger partial charge >= 0.3 is 0 Å². The highest BCUT2D eigenvalue weighted by Crippen LogP contribution is 2.24. The minimum absolute atomic E-state index is 0.137. The summed E-state index contributed by atoms with van der Waals surface area (Å²) in [6.45, 7) is 0.456. The average molecular weight is 290 g/mol. The van der Waals surface area contributed by atoms with E-state index in [1.165, 1.54) is 0 Å². The van der Waals surface area contributed by atoms with Gasteiger partial charge in [-0.2, -0.15) is 0 Å². The fourth-order valence-electron chi connectivity index (χ4n) is 1.98. The number of nitrogens with one attached hydrogen (secondary N) is 1. The molecule has 0 fully saturated rings. The van der Waals surface area contributed by atoms with E-state index in [2.05, 4.69) is 5.32 Å². The normalized spacial score (nSPS) is 10.2. The van der Waals surface area contributed by atoms with E-state index in [1.807, 2.05) is 24.3 Å². The van der Waals surface area contributed by atoms with Gasteiger partial charge in [0.15, 0.2) is 0 Å². The summed E-state index contributed by atoms with van der Waals surface area (Å²) in [7, 11) is 1.59. The maximum Gasteiger partial charge on any atom is 0.292 e. The predicted octanol–water partition coefficient (Wildman–Crippen LogP) is 3.40. The number of benzene rings is 2. The summed E-state index contributed by atoms with van der Waals surface area (Å²) in [5.41, 5.74) is 1.07. The van der Waals surface area contributed by atoms with Crippen LogP contribution in [0, 0.1) is 15.9 Å². The Labute approximate surface area is 121 Å². The molecule has 0 heterocycles. The summed E-state index contributed by atoms with van der Waals surface area (Å²) >= 11 is 0. The number of nitrogens with zero attached hydrogens (tertiary/aromatic N) is 1. The van der Waals surface area contributed by atoms with E-state index in [0.717, 1.165) is 29.5 Å². The van der Waals surface area contributed by atoms with Gasteiger partial charge in [-0.15, -0.1) is 0 Å². The zero-order valence-electron chi connectivity index (χ0n) is 11.5. The largest absolute Gasteiger partial charge is 0.497 e. The molecule has 0 bridgehead atoms. The van der Waals surface area contributed by atoms with Crippen molar-refractivity contribution in [3.8, 4) is 5.75 Å². The summed E-state index contributed by atoms with van der Waals surface area (Å²) < 4.78 is 18.3. The van der Waals surface area contributed by atoms with Gasteiger partial charge in [-0.3, -0.25) is 10.1 Å². The number of nitro groups is 1. The molecule has 110 valence electrons. The van der Waals surface area contributed by atoms with E-state index < -0.39 is 10.7 Å². The molecule has 2 aromatic rings. The summed E-state index contributed by atoms with van der Waals surface area (Å²) in [6.07, 6.45) is 0.644. The molecule has 0 unspecified atom stereocenters. The van der Waals surface area contributed by atoms with E-state index >= 15 is 0 Å². The molecule has 0 spiro atoms. The Hall–Kier alpha value is -2.63. The van der Waals surface area contributed by atoms with Gasteiger partial charge in [-0.1, -0.05) is 12.1 Å². The molecule has 5 nitrogen and oxygen atoms in total. The number of ether oxygens (including phenoxy) is 1. The lowest BCUT2D eigenvalue weighted by molar-refractivity contribution is -0.384. The number of anilines is 1. The predicted molar refractivity (Wildman–Crippen MR) is 78.2 cm³/mol. The van der Waals surface area contributed by atoms with Crippen LogP contribution in [0.15, 0.2) is 42.5 Å². The fraction of sp³-hybridized carbons (Fsp3) is 0.200. The van der Waals surface area contributed by atoms with Gasteiger partial charge in [0.1, 0.15) is 17.3 Å². The Morgan fingerprint density at radius 3 is 2.81 bits per heavy atom. The van der Waals surface area contributed by atoms with Crippen LogP contribution in [0.5, 0.6) is 5.75 Å². The van der Waals surface area contributed by atoms with E-state index in [0.29, 0.717) is 13.0 Å². The minimum Gasteiger partial charge on any atom is -0.497 e. The third-order valence-electron chi connectivity index (χ3n) is 3.02. The number of rotatable bonds is 6. The Kier molecular flexibility index (Phi) is 4.71. The molecule has 1 N–H and O–H groups in total. The van der Waals surface area contributed by atoms with Gasteiger partial charge in [0.25, 0.3) is 5.69 Å². The molecule has 0 atom stereocenters. The zero-order chi connectivity index (χ0) is 15.2. The minimum atomic E-state index is -0.534. The maximum atomic E-state index is 13.2. The maximum absolute atomic E-state index is 13.2.